The van der Waals surface area contributed by atoms with E-state index in [1.165, 1.54) is 0 Å². The Hall–Kier alpha value is -2.55. The molecule has 3 rings (SSSR count). The van der Waals surface area contributed by atoms with E-state index in [2.05, 4.69) is 10.6 Å². The highest BCUT2D eigenvalue weighted by atomic mass is 32.1. The first-order valence-corrected chi connectivity index (χ1v) is 10.3. The first-order chi connectivity index (χ1) is 13.9. The van der Waals surface area contributed by atoms with Crippen LogP contribution in [0.2, 0.25) is 0 Å². The maximum atomic E-state index is 12.6. The second-order valence-electron chi connectivity index (χ2n) is 7.10. The van der Waals surface area contributed by atoms with Crippen LogP contribution in [0.3, 0.4) is 0 Å². The van der Waals surface area contributed by atoms with E-state index in [0.29, 0.717) is 18.5 Å². The van der Waals surface area contributed by atoms with Crippen LogP contribution in [0.5, 0.6) is 0 Å². The highest BCUT2D eigenvalue weighted by molar-refractivity contribution is 7.09. The molecule has 1 saturated heterocycles. The summed E-state index contributed by atoms with van der Waals surface area (Å²) in [7, 11) is 0. The lowest BCUT2D eigenvalue weighted by molar-refractivity contribution is -0.159. The SMILES string of the molecule is CC1(C)O[C@@H](C(=O)NCCc2cccs2)[C@H](C(=O)NCC(=O)c2ccccc2)O1. The van der Waals surface area contributed by atoms with Gasteiger partial charge in [-0.05, 0) is 31.7 Å². The van der Waals surface area contributed by atoms with Crippen LogP contribution in [-0.2, 0) is 25.5 Å². The summed E-state index contributed by atoms with van der Waals surface area (Å²) in [5, 5.41) is 7.32. The molecule has 2 N–H and O–H groups in total. The van der Waals surface area contributed by atoms with Crippen LogP contribution in [0, 0.1) is 0 Å². The third-order valence-electron chi connectivity index (χ3n) is 4.38. The quantitative estimate of drug-likeness (QED) is 0.642. The standard InChI is InChI=1S/C21H24N2O5S/c1-21(2)27-17(19(25)22-11-10-15-9-6-12-29-15)18(28-21)20(26)23-13-16(24)14-7-4-3-5-8-14/h3-9,12,17-18H,10-11,13H2,1-2H3,(H,22,25)(H,23,26)/t17-,18-/m1/s1. The molecule has 7 nitrogen and oxygen atoms in total. The number of Topliss-reactive ketones (excluding diaryl/α,β-unsaturated/α-hetero) is 1. The molecule has 1 aliphatic rings. The first kappa shape index (κ1) is 21.2. The van der Waals surface area contributed by atoms with Gasteiger partial charge in [0, 0.05) is 17.0 Å². The van der Waals surface area contributed by atoms with Gasteiger partial charge in [0.1, 0.15) is 0 Å². The van der Waals surface area contributed by atoms with Gasteiger partial charge in [0.25, 0.3) is 11.8 Å². The van der Waals surface area contributed by atoms with E-state index in [4.69, 9.17) is 9.47 Å². The predicted molar refractivity (Wildman–Crippen MR) is 109 cm³/mol. The lowest BCUT2D eigenvalue weighted by atomic mass is 10.1. The number of carbonyl (C=O) groups is 3. The molecule has 2 aromatic rings. The number of carbonyl (C=O) groups excluding carboxylic acids is 3. The molecule has 0 spiro atoms. The maximum absolute atomic E-state index is 12.6. The Labute approximate surface area is 173 Å². The zero-order valence-corrected chi connectivity index (χ0v) is 17.2. The Balaban J connectivity index is 1.55. The van der Waals surface area contributed by atoms with E-state index < -0.39 is 29.8 Å². The summed E-state index contributed by atoms with van der Waals surface area (Å²) in [4.78, 5) is 38.5. The van der Waals surface area contributed by atoms with Crippen LogP contribution in [0.25, 0.3) is 0 Å². The molecule has 1 aliphatic heterocycles. The molecule has 1 aromatic heterocycles. The summed E-state index contributed by atoms with van der Waals surface area (Å²) >= 11 is 1.62. The van der Waals surface area contributed by atoms with Gasteiger partial charge in [0.05, 0.1) is 6.54 Å². The zero-order valence-electron chi connectivity index (χ0n) is 16.3. The number of thiophene rings is 1. The Morgan fingerprint density at radius 3 is 2.24 bits per heavy atom. The van der Waals surface area contributed by atoms with Crippen LogP contribution in [0.1, 0.15) is 29.1 Å². The molecule has 0 unspecified atom stereocenters. The monoisotopic (exact) mass is 416 g/mol. The second-order valence-corrected chi connectivity index (χ2v) is 8.14. The van der Waals surface area contributed by atoms with Crippen LogP contribution < -0.4 is 10.6 Å². The molecule has 0 radical (unpaired) electrons. The van der Waals surface area contributed by atoms with Gasteiger partial charge < -0.3 is 20.1 Å². The number of rotatable bonds is 8. The minimum atomic E-state index is -1.13. The Morgan fingerprint density at radius 2 is 1.62 bits per heavy atom. The summed E-state index contributed by atoms with van der Waals surface area (Å²) in [6.45, 7) is 3.53. The lowest BCUT2D eigenvalue weighted by Gasteiger charge is -2.16. The molecule has 2 atom stereocenters. The van der Waals surface area contributed by atoms with Crippen molar-refractivity contribution in [1.82, 2.24) is 10.6 Å². The number of ether oxygens (including phenoxy) is 2. The fraction of sp³-hybridized carbons (Fsp3) is 0.381. The van der Waals surface area contributed by atoms with Crippen molar-refractivity contribution in [2.75, 3.05) is 13.1 Å². The van der Waals surface area contributed by atoms with Crippen LogP contribution in [-0.4, -0.2) is 48.7 Å². The normalized spacial score (nSPS) is 20.2. The molecule has 2 heterocycles. The fourth-order valence-corrected chi connectivity index (χ4v) is 3.71. The molecule has 0 aliphatic carbocycles. The molecule has 1 aromatic carbocycles. The van der Waals surface area contributed by atoms with Gasteiger partial charge in [-0.1, -0.05) is 36.4 Å². The van der Waals surface area contributed by atoms with Gasteiger partial charge in [-0.2, -0.15) is 0 Å². The molecule has 2 amide bonds. The van der Waals surface area contributed by atoms with E-state index in [-0.39, 0.29) is 12.3 Å². The Morgan fingerprint density at radius 1 is 0.966 bits per heavy atom. The van der Waals surface area contributed by atoms with Crippen LogP contribution in [0.15, 0.2) is 47.8 Å². The highest BCUT2D eigenvalue weighted by Crippen LogP contribution is 2.28. The molecular formula is C21H24N2O5S. The average molecular weight is 416 g/mol. The number of hydrogen-bond acceptors (Lipinski definition) is 6. The third-order valence-corrected chi connectivity index (χ3v) is 5.32. The van der Waals surface area contributed by atoms with Gasteiger partial charge in [0.2, 0.25) is 0 Å². The van der Waals surface area contributed by atoms with E-state index in [0.717, 1.165) is 4.88 Å². The number of hydrogen-bond donors (Lipinski definition) is 2. The Kier molecular flexibility index (Phi) is 6.79. The van der Waals surface area contributed by atoms with Crippen molar-refractivity contribution in [2.45, 2.75) is 38.3 Å². The lowest BCUT2D eigenvalue weighted by Crippen LogP contribution is -2.49. The largest absolute Gasteiger partial charge is 0.353 e. The predicted octanol–water partition coefficient (Wildman–Crippen LogP) is 1.93. The molecular weight excluding hydrogens is 392 g/mol. The van der Waals surface area contributed by atoms with Crippen molar-refractivity contribution in [3.05, 3.63) is 58.3 Å². The molecule has 1 fully saturated rings. The van der Waals surface area contributed by atoms with Crippen molar-refractivity contribution in [3.63, 3.8) is 0 Å². The summed E-state index contributed by atoms with van der Waals surface area (Å²) in [5.41, 5.74) is 0.500. The molecule has 154 valence electrons. The van der Waals surface area contributed by atoms with Crippen molar-refractivity contribution in [1.29, 1.82) is 0 Å². The number of ketones is 1. The van der Waals surface area contributed by atoms with E-state index in [1.807, 2.05) is 23.6 Å². The fourth-order valence-electron chi connectivity index (χ4n) is 3.00. The van der Waals surface area contributed by atoms with Gasteiger partial charge in [-0.3, -0.25) is 14.4 Å². The summed E-state index contributed by atoms with van der Waals surface area (Å²) in [6, 6.07) is 12.6. The maximum Gasteiger partial charge on any atom is 0.252 e. The van der Waals surface area contributed by atoms with Gasteiger partial charge >= 0.3 is 0 Å². The van der Waals surface area contributed by atoms with Crippen molar-refractivity contribution in [2.24, 2.45) is 0 Å². The van der Waals surface area contributed by atoms with Crippen LogP contribution >= 0.6 is 11.3 Å². The smallest absolute Gasteiger partial charge is 0.252 e. The topological polar surface area (TPSA) is 93.7 Å². The number of amides is 2. The van der Waals surface area contributed by atoms with Crippen LogP contribution in [0.4, 0.5) is 0 Å². The van der Waals surface area contributed by atoms with E-state index in [1.54, 1.807) is 49.4 Å². The van der Waals surface area contributed by atoms with E-state index in [9.17, 15) is 14.4 Å². The van der Waals surface area contributed by atoms with Gasteiger partial charge in [0.15, 0.2) is 23.8 Å². The summed E-state index contributed by atoms with van der Waals surface area (Å²) in [6.07, 6.45) is -1.52. The minimum Gasteiger partial charge on any atom is -0.353 e. The third kappa shape index (κ3) is 5.72. The summed E-state index contributed by atoms with van der Waals surface area (Å²) in [5.74, 6) is -2.28. The van der Waals surface area contributed by atoms with E-state index >= 15 is 0 Å². The van der Waals surface area contributed by atoms with Gasteiger partial charge in [-0.15, -0.1) is 11.3 Å². The number of nitrogens with one attached hydrogen (secondary N) is 2. The minimum absolute atomic E-state index is 0.185. The molecule has 29 heavy (non-hydrogen) atoms. The molecule has 0 saturated carbocycles. The average Bonchev–Trinajstić information content (AvgIpc) is 3.33. The van der Waals surface area contributed by atoms with Crippen molar-refractivity contribution >= 4 is 28.9 Å². The zero-order chi connectivity index (χ0) is 20.9. The number of benzene rings is 1. The Bertz CT molecular complexity index is 851. The van der Waals surface area contributed by atoms with Crippen molar-refractivity contribution in [3.8, 4) is 0 Å². The van der Waals surface area contributed by atoms with Gasteiger partial charge in [-0.25, -0.2) is 0 Å². The highest BCUT2D eigenvalue weighted by Gasteiger charge is 2.48. The van der Waals surface area contributed by atoms with Crippen molar-refractivity contribution < 1.29 is 23.9 Å². The second kappa shape index (κ2) is 9.30. The molecule has 8 heteroatoms. The molecule has 0 bridgehead atoms. The first-order valence-electron chi connectivity index (χ1n) is 9.37. The summed E-state index contributed by atoms with van der Waals surface area (Å²) < 4.78 is 11.3.